The van der Waals surface area contributed by atoms with Crippen LogP contribution in [0.4, 0.5) is 4.39 Å². The third kappa shape index (κ3) is 2.65. The highest BCUT2D eigenvalue weighted by atomic mass is 19.1. The Labute approximate surface area is 105 Å². The monoisotopic (exact) mass is 252 g/mol. The van der Waals surface area contributed by atoms with Gasteiger partial charge in [0.25, 0.3) is 5.91 Å². The topological polar surface area (TPSA) is 62.5 Å². The van der Waals surface area contributed by atoms with Crippen LogP contribution in [0.5, 0.6) is 0 Å². The molecule has 0 aromatic carbocycles. The first-order chi connectivity index (χ1) is 8.61. The van der Waals surface area contributed by atoms with Crippen LogP contribution in [0.25, 0.3) is 0 Å². The van der Waals surface area contributed by atoms with Gasteiger partial charge < -0.3 is 15.5 Å². The summed E-state index contributed by atoms with van der Waals surface area (Å²) in [5.41, 5.74) is 5.96. The quantitative estimate of drug-likeness (QED) is 0.800. The second-order valence-corrected chi connectivity index (χ2v) is 4.51. The molecule has 1 amide bonds. The molecule has 1 fully saturated rings. The van der Waals surface area contributed by atoms with Crippen molar-refractivity contribution in [3.05, 3.63) is 29.8 Å². The van der Waals surface area contributed by atoms with Crippen molar-refractivity contribution >= 4 is 5.91 Å². The van der Waals surface area contributed by atoms with Crippen LogP contribution >= 0.6 is 0 Å². The highest BCUT2D eigenvalue weighted by Gasteiger charge is 2.29. The van der Waals surface area contributed by atoms with E-state index in [-0.39, 0.29) is 17.6 Å². The average molecular weight is 252 g/mol. The molecule has 2 heterocycles. The van der Waals surface area contributed by atoms with Crippen molar-refractivity contribution in [2.75, 3.05) is 33.2 Å². The van der Waals surface area contributed by atoms with Gasteiger partial charge >= 0.3 is 0 Å². The zero-order valence-corrected chi connectivity index (χ0v) is 10.3. The summed E-state index contributed by atoms with van der Waals surface area (Å²) in [6, 6.07) is 2.64. The summed E-state index contributed by atoms with van der Waals surface area (Å²) in [5.74, 6) is -0.626. The summed E-state index contributed by atoms with van der Waals surface area (Å²) in [4.78, 5) is 19.9. The molecular weight excluding hydrogens is 235 g/mol. The molecule has 1 saturated heterocycles. The molecule has 2 rings (SSSR count). The molecule has 0 aliphatic carbocycles. The predicted molar refractivity (Wildman–Crippen MR) is 65.6 cm³/mol. The van der Waals surface area contributed by atoms with E-state index in [1.54, 1.807) is 4.90 Å². The minimum absolute atomic E-state index is 0.0110. The van der Waals surface area contributed by atoms with Crippen LogP contribution in [0.15, 0.2) is 18.3 Å². The van der Waals surface area contributed by atoms with Gasteiger partial charge in [0.15, 0.2) is 0 Å². The van der Waals surface area contributed by atoms with Gasteiger partial charge in [-0.05, 0) is 19.2 Å². The second kappa shape index (κ2) is 5.41. The number of carbonyl (C=O) groups excluding carboxylic acids is 1. The molecule has 1 aromatic rings. The summed E-state index contributed by atoms with van der Waals surface area (Å²) in [5, 5.41) is 0. The summed E-state index contributed by atoms with van der Waals surface area (Å²) in [6.07, 6.45) is 1.06. The number of nitrogens with zero attached hydrogens (tertiary/aromatic N) is 3. The molecule has 1 aliphatic rings. The maximum absolute atomic E-state index is 12.8. The van der Waals surface area contributed by atoms with Gasteiger partial charge in [-0.25, -0.2) is 9.37 Å². The molecule has 5 nitrogen and oxygen atoms in total. The number of pyridine rings is 1. The van der Waals surface area contributed by atoms with E-state index in [0.717, 1.165) is 19.3 Å². The van der Waals surface area contributed by atoms with Crippen molar-refractivity contribution in [2.45, 2.75) is 6.04 Å². The van der Waals surface area contributed by atoms with E-state index in [0.29, 0.717) is 13.1 Å². The number of halogens is 1. The van der Waals surface area contributed by atoms with Crippen molar-refractivity contribution in [1.82, 2.24) is 14.8 Å². The lowest BCUT2D eigenvalue weighted by atomic mass is 10.1. The molecular formula is C12H17FN4O. The lowest BCUT2D eigenvalue weighted by molar-refractivity contribution is 0.0510. The van der Waals surface area contributed by atoms with Crippen LogP contribution in [0.2, 0.25) is 0 Å². The van der Waals surface area contributed by atoms with E-state index in [2.05, 4.69) is 9.88 Å². The maximum Gasteiger partial charge on any atom is 0.272 e. The Morgan fingerprint density at radius 3 is 2.94 bits per heavy atom. The molecule has 1 aliphatic heterocycles. The fourth-order valence-corrected chi connectivity index (χ4v) is 2.13. The zero-order chi connectivity index (χ0) is 13.1. The number of hydrogen-bond donors (Lipinski definition) is 1. The van der Waals surface area contributed by atoms with Gasteiger partial charge in [0.05, 0.1) is 12.2 Å². The van der Waals surface area contributed by atoms with Crippen LogP contribution in [-0.2, 0) is 0 Å². The normalized spacial score (nSPS) is 21.1. The SMILES string of the molecule is CN1CCN(C(=O)c2ccc(F)cn2)C(CN)C1. The van der Waals surface area contributed by atoms with Gasteiger partial charge in [-0.1, -0.05) is 0 Å². The lowest BCUT2D eigenvalue weighted by Gasteiger charge is -2.39. The fourth-order valence-electron chi connectivity index (χ4n) is 2.13. The number of aromatic nitrogens is 1. The number of amides is 1. The van der Waals surface area contributed by atoms with E-state index < -0.39 is 5.82 Å². The summed E-state index contributed by atoms with van der Waals surface area (Å²) < 4.78 is 12.8. The van der Waals surface area contributed by atoms with Crippen molar-refractivity contribution in [1.29, 1.82) is 0 Å². The van der Waals surface area contributed by atoms with Gasteiger partial charge in [-0.15, -0.1) is 0 Å². The Kier molecular flexibility index (Phi) is 3.88. The molecule has 0 spiro atoms. The summed E-state index contributed by atoms with van der Waals surface area (Å²) in [6.45, 7) is 2.60. The van der Waals surface area contributed by atoms with E-state index in [1.165, 1.54) is 12.1 Å². The van der Waals surface area contributed by atoms with E-state index in [4.69, 9.17) is 5.73 Å². The van der Waals surface area contributed by atoms with Gasteiger partial charge in [0, 0.05) is 26.2 Å². The number of hydrogen-bond acceptors (Lipinski definition) is 4. The van der Waals surface area contributed by atoms with E-state index in [1.807, 2.05) is 7.05 Å². The van der Waals surface area contributed by atoms with Crippen LogP contribution < -0.4 is 5.73 Å². The first kappa shape index (κ1) is 12.9. The molecule has 1 aromatic heterocycles. The third-order valence-corrected chi connectivity index (χ3v) is 3.17. The molecule has 6 heteroatoms. The van der Waals surface area contributed by atoms with Crippen LogP contribution in [-0.4, -0.2) is 60.0 Å². The third-order valence-electron chi connectivity index (χ3n) is 3.17. The average Bonchev–Trinajstić information content (AvgIpc) is 2.38. The molecule has 0 saturated carbocycles. The molecule has 1 unspecified atom stereocenters. The lowest BCUT2D eigenvalue weighted by Crippen LogP contribution is -2.56. The van der Waals surface area contributed by atoms with Crippen LogP contribution in [0.3, 0.4) is 0 Å². The van der Waals surface area contributed by atoms with Crippen LogP contribution in [0.1, 0.15) is 10.5 Å². The molecule has 1 atom stereocenters. The Balaban J connectivity index is 2.14. The molecule has 98 valence electrons. The van der Waals surface area contributed by atoms with Gasteiger partial charge in [-0.2, -0.15) is 0 Å². The van der Waals surface area contributed by atoms with Crippen molar-refractivity contribution in [3.63, 3.8) is 0 Å². The van der Waals surface area contributed by atoms with Gasteiger partial charge in [-0.3, -0.25) is 4.79 Å². The smallest absolute Gasteiger partial charge is 0.272 e. The Morgan fingerprint density at radius 2 is 2.33 bits per heavy atom. The molecule has 2 N–H and O–H groups in total. The highest BCUT2D eigenvalue weighted by Crippen LogP contribution is 2.11. The maximum atomic E-state index is 12.8. The molecule has 18 heavy (non-hydrogen) atoms. The Bertz CT molecular complexity index is 423. The van der Waals surface area contributed by atoms with Gasteiger partial charge in [0.2, 0.25) is 0 Å². The fraction of sp³-hybridized carbons (Fsp3) is 0.500. The first-order valence-electron chi connectivity index (χ1n) is 5.93. The molecule has 0 radical (unpaired) electrons. The van der Waals surface area contributed by atoms with Crippen LogP contribution in [0, 0.1) is 5.82 Å². The van der Waals surface area contributed by atoms with Crippen molar-refractivity contribution in [3.8, 4) is 0 Å². The number of carbonyl (C=O) groups is 1. The standard InChI is InChI=1S/C12H17FN4O/c1-16-4-5-17(10(6-14)8-16)12(18)11-3-2-9(13)7-15-11/h2-3,7,10H,4-6,8,14H2,1H3. The zero-order valence-electron chi connectivity index (χ0n) is 10.3. The van der Waals surface area contributed by atoms with Gasteiger partial charge in [0.1, 0.15) is 11.5 Å². The van der Waals surface area contributed by atoms with E-state index in [9.17, 15) is 9.18 Å². The Morgan fingerprint density at radius 1 is 1.56 bits per heavy atom. The predicted octanol–water partition coefficient (Wildman–Crippen LogP) is -0.0644. The van der Waals surface area contributed by atoms with E-state index >= 15 is 0 Å². The van der Waals surface area contributed by atoms with Crippen molar-refractivity contribution < 1.29 is 9.18 Å². The summed E-state index contributed by atoms with van der Waals surface area (Å²) >= 11 is 0. The van der Waals surface area contributed by atoms with Crippen molar-refractivity contribution in [2.24, 2.45) is 5.73 Å². The number of piperazine rings is 1. The number of rotatable bonds is 2. The second-order valence-electron chi connectivity index (χ2n) is 4.51. The number of likely N-dealkylation sites (N-methyl/N-ethyl adjacent to an activating group) is 1. The largest absolute Gasteiger partial charge is 0.330 e. The number of nitrogens with two attached hydrogens (primary N) is 1. The minimum Gasteiger partial charge on any atom is -0.330 e. The highest BCUT2D eigenvalue weighted by molar-refractivity contribution is 5.92. The Hall–Kier alpha value is -1.53. The minimum atomic E-state index is -0.444. The first-order valence-corrected chi connectivity index (χ1v) is 5.93. The molecule has 0 bridgehead atoms. The summed E-state index contributed by atoms with van der Waals surface area (Å²) in [7, 11) is 2.00.